The molecule has 1 aliphatic heterocycles. The third-order valence-electron chi connectivity index (χ3n) is 5.10. The Balaban J connectivity index is 1.67. The number of benzene rings is 2. The van der Waals surface area contributed by atoms with Gasteiger partial charge in [0.2, 0.25) is 0 Å². The Bertz CT molecular complexity index is 815. The van der Waals surface area contributed by atoms with E-state index in [1.807, 2.05) is 17.0 Å². The molecule has 148 valence electrons. The summed E-state index contributed by atoms with van der Waals surface area (Å²) < 4.78 is 0. The largest absolute Gasteiger partial charge is 0.339 e. The summed E-state index contributed by atoms with van der Waals surface area (Å²) in [4.78, 5) is 27.5. The van der Waals surface area contributed by atoms with E-state index in [0.29, 0.717) is 27.8 Å². The maximum absolute atomic E-state index is 13.0. The van der Waals surface area contributed by atoms with Gasteiger partial charge in [-0.05, 0) is 68.2 Å². The highest BCUT2D eigenvalue weighted by molar-refractivity contribution is 6.30. The van der Waals surface area contributed by atoms with Crippen LogP contribution in [0.3, 0.4) is 0 Å². The number of rotatable bonds is 6. The van der Waals surface area contributed by atoms with Gasteiger partial charge in [0.1, 0.15) is 0 Å². The SMILES string of the molecule is CCNCC1CCN(C(=O)c2ccccc2NC(=O)c2ccc(Cl)cc2)CC1. The number of para-hydroxylation sites is 1. The van der Waals surface area contributed by atoms with Gasteiger partial charge in [0, 0.05) is 23.7 Å². The molecule has 1 aliphatic rings. The highest BCUT2D eigenvalue weighted by Crippen LogP contribution is 2.23. The van der Waals surface area contributed by atoms with Crippen molar-refractivity contribution >= 4 is 29.1 Å². The van der Waals surface area contributed by atoms with E-state index in [2.05, 4.69) is 17.6 Å². The molecule has 1 fully saturated rings. The van der Waals surface area contributed by atoms with Crippen LogP contribution in [0.1, 0.15) is 40.5 Å². The topological polar surface area (TPSA) is 61.4 Å². The summed E-state index contributed by atoms with van der Waals surface area (Å²) in [5.74, 6) is 0.319. The van der Waals surface area contributed by atoms with Crippen LogP contribution in [0.15, 0.2) is 48.5 Å². The van der Waals surface area contributed by atoms with Crippen LogP contribution < -0.4 is 10.6 Å². The average Bonchev–Trinajstić information content (AvgIpc) is 2.73. The van der Waals surface area contributed by atoms with E-state index in [4.69, 9.17) is 11.6 Å². The highest BCUT2D eigenvalue weighted by Gasteiger charge is 2.25. The number of likely N-dealkylation sites (tertiary alicyclic amines) is 1. The van der Waals surface area contributed by atoms with Crippen LogP contribution in [0.25, 0.3) is 0 Å². The van der Waals surface area contributed by atoms with Gasteiger partial charge in [-0.15, -0.1) is 0 Å². The Morgan fingerprint density at radius 1 is 1.07 bits per heavy atom. The van der Waals surface area contributed by atoms with Crippen LogP contribution in [0.2, 0.25) is 5.02 Å². The second-order valence-electron chi connectivity index (χ2n) is 7.05. The van der Waals surface area contributed by atoms with Crippen molar-refractivity contribution < 1.29 is 9.59 Å². The Hall–Kier alpha value is -2.37. The number of piperidine rings is 1. The van der Waals surface area contributed by atoms with E-state index in [9.17, 15) is 9.59 Å². The second kappa shape index (κ2) is 9.71. The zero-order valence-corrected chi connectivity index (χ0v) is 16.8. The Morgan fingerprint density at radius 3 is 2.43 bits per heavy atom. The summed E-state index contributed by atoms with van der Waals surface area (Å²) in [5, 5.41) is 6.82. The number of hydrogen-bond acceptors (Lipinski definition) is 3. The molecule has 0 radical (unpaired) electrons. The molecule has 0 spiro atoms. The number of amides is 2. The fourth-order valence-electron chi connectivity index (χ4n) is 3.43. The van der Waals surface area contributed by atoms with Gasteiger partial charge in [0.25, 0.3) is 11.8 Å². The van der Waals surface area contributed by atoms with Gasteiger partial charge in [0.15, 0.2) is 0 Å². The highest BCUT2D eigenvalue weighted by atomic mass is 35.5. The number of carbonyl (C=O) groups excluding carboxylic acids is 2. The first kappa shape index (κ1) is 20.4. The Morgan fingerprint density at radius 2 is 1.75 bits per heavy atom. The quantitative estimate of drug-likeness (QED) is 0.770. The molecule has 2 aromatic rings. The number of halogens is 1. The van der Waals surface area contributed by atoms with Crippen molar-refractivity contribution in [3.05, 3.63) is 64.7 Å². The van der Waals surface area contributed by atoms with Gasteiger partial charge in [-0.2, -0.15) is 0 Å². The summed E-state index contributed by atoms with van der Waals surface area (Å²) >= 11 is 5.88. The minimum Gasteiger partial charge on any atom is -0.339 e. The second-order valence-corrected chi connectivity index (χ2v) is 7.49. The monoisotopic (exact) mass is 399 g/mol. The molecule has 0 unspecified atom stereocenters. The maximum atomic E-state index is 13.0. The van der Waals surface area contributed by atoms with Gasteiger partial charge in [-0.3, -0.25) is 9.59 Å². The minimum atomic E-state index is -0.263. The van der Waals surface area contributed by atoms with Crippen LogP contribution >= 0.6 is 11.6 Å². The van der Waals surface area contributed by atoms with Gasteiger partial charge in [-0.1, -0.05) is 30.7 Å². The van der Waals surface area contributed by atoms with Crippen LogP contribution in [-0.4, -0.2) is 42.9 Å². The molecule has 6 heteroatoms. The van der Waals surface area contributed by atoms with Crippen molar-refractivity contribution in [1.82, 2.24) is 10.2 Å². The van der Waals surface area contributed by atoms with Gasteiger partial charge in [-0.25, -0.2) is 0 Å². The van der Waals surface area contributed by atoms with Crippen LogP contribution in [0, 0.1) is 5.92 Å². The molecule has 0 atom stereocenters. The summed E-state index contributed by atoms with van der Waals surface area (Å²) in [6.45, 7) is 5.57. The smallest absolute Gasteiger partial charge is 0.255 e. The van der Waals surface area contributed by atoms with Crippen LogP contribution in [0.4, 0.5) is 5.69 Å². The van der Waals surface area contributed by atoms with Crippen molar-refractivity contribution in [3.8, 4) is 0 Å². The summed E-state index contributed by atoms with van der Waals surface area (Å²) in [6.07, 6.45) is 2.00. The first-order chi connectivity index (χ1) is 13.6. The lowest BCUT2D eigenvalue weighted by atomic mass is 9.96. The Labute approximate surface area is 171 Å². The van der Waals surface area contributed by atoms with Crippen LogP contribution in [-0.2, 0) is 0 Å². The molecule has 2 N–H and O–H groups in total. The normalized spacial score (nSPS) is 14.7. The molecule has 1 heterocycles. The number of nitrogens with zero attached hydrogens (tertiary/aromatic N) is 1. The number of hydrogen-bond donors (Lipinski definition) is 2. The number of carbonyl (C=O) groups is 2. The number of anilines is 1. The van der Waals surface area contributed by atoms with E-state index < -0.39 is 0 Å². The molecule has 0 bridgehead atoms. The molecule has 1 saturated heterocycles. The third-order valence-corrected chi connectivity index (χ3v) is 5.35. The maximum Gasteiger partial charge on any atom is 0.255 e. The zero-order chi connectivity index (χ0) is 19.9. The van der Waals surface area contributed by atoms with E-state index in [0.717, 1.165) is 39.0 Å². The molecular formula is C22H26ClN3O2. The molecule has 0 aliphatic carbocycles. The van der Waals surface area contributed by atoms with E-state index in [-0.39, 0.29) is 11.8 Å². The molecule has 0 aromatic heterocycles. The van der Waals surface area contributed by atoms with Gasteiger partial charge in [0.05, 0.1) is 11.3 Å². The lowest BCUT2D eigenvalue weighted by Gasteiger charge is -2.32. The average molecular weight is 400 g/mol. The summed E-state index contributed by atoms with van der Waals surface area (Å²) in [7, 11) is 0. The summed E-state index contributed by atoms with van der Waals surface area (Å²) in [5.41, 5.74) is 1.55. The van der Waals surface area contributed by atoms with E-state index in [1.54, 1.807) is 36.4 Å². The molecular weight excluding hydrogens is 374 g/mol. The standard InChI is InChI=1S/C22H26ClN3O2/c1-2-24-15-16-11-13-26(14-12-16)22(28)19-5-3-4-6-20(19)25-21(27)17-7-9-18(23)10-8-17/h3-10,16,24H,2,11-15H2,1H3,(H,25,27). The van der Waals surface area contributed by atoms with Gasteiger partial charge < -0.3 is 15.5 Å². The van der Waals surface area contributed by atoms with Crippen molar-refractivity contribution in [2.24, 2.45) is 5.92 Å². The molecule has 3 rings (SSSR count). The van der Waals surface area contributed by atoms with Crippen molar-refractivity contribution in [1.29, 1.82) is 0 Å². The lowest BCUT2D eigenvalue weighted by molar-refractivity contribution is 0.0691. The molecule has 0 saturated carbocycles. The first-order valence-electron chi connectivity index (χ1n) is 9.74. The molecule has 2 aromatic carbocycles. The molecule has 28 heavy (non-hydrogen) atoms. The lowest BCUT2D eigenvalue weighted by Crippen LogP contribution is -2.41. The summed E-state index contributed by atoms with van der Waals surface area (Å²) in [6, 6.07) is 13.8. The molecule has 2 amide bonds. The minimum absolute atomic E-state index is 0.0334. The van der Waals surface area contributed by atoms with Crippen LogP contribution in [0.5, 0.6) is 0 Å². The predicted octanol–water partition coefficient (Wildman–Crippen LogP) is 4.05. The Kier molecular flexibility index (Phi) is 7.06. The van der Waals surface area contributed by atoms with Crippen molar-refractivity contribution in [3.63, 3.8) is 0 Å². The van der Waals surface area contributed by atoms with E-state index >= 15 is 0 Å². The fraction of sp³-hybridized carbons (Fsp3) is 0.364. The zero-order valence-electron chi connectivity index (χ0n) is 16.1. The fourth-order valence-corrected chi connectivity index (χ4v) is 3.56. The van der Waals surface area contributed by atoms with Crippen molar-refractivity contribution in [2.45, 2.75) is 19.8 Å². The van der Waals surface area contributed by atoms with E-state index in [1.165, 1.54) is 0 Å². The molecule has 5 nitrogen and oxygen atoms in total. The predicted molar refractivity (Wildman–Crippen MR) is 113 cm³/mol. The number of nitrogens with one attached hydrogen (secondary N) is 2. The van der Waals surface area contributed by atoms with Crippen molar-refractivity contribution in [2.75, 3.05) is 31.5 Å². The third kappa shape index (κ3) is 5.12. The van der Waals surface area contributed by atoms with Gasteiger partial charge >= 0.3 is 0 Å². The first-order valence-corrected chi connectivity index (χ1v) is 10.1.